The van der Waals surface area contributed by atoms with Crippen LogP contribution in [0.4, 0.5) is 23.7 Å². The summed E-state index contributed by atoms with van der Waals surface area (Å²) in [7, 11) is 0. The quantitative estimate of drug-likeness (QED) is 0.805. The number of alkyl halides is 2. The van der Waals surface area contributed by atoms with Crippen LogP contribution in [0.15, 0.2) is 18.2 Å². The highest BCUT2D eigenvalue weighted by molar-refractivity contribution is 5.90. The number of benzene rings is 1. The number of nitrogens with one attached hydrogen (secondary N) is 2. The second kappa shape index (κ2) is 7.85. The number of nitrogens with zero attached hydrogens (tertiary/aromatic N) is 1. The molecular formula is C17H18F3N3O4. The number of carbonyl (C=O) groups excluding carboxylic acids is 3. The first kappa shape index (κ1) is 19.0. The molecule has 2 aliphatic heterocycles. The smallest absolute Gasteiger partial charge is 0.414 e. The largest absolute Gasteiger partial charge is 0.442 e. The highest BCUT2D eigenvalue weighted by atomic mass is 19.3. The van der Waals surface area contributed by atoms with E-state index in [0.29, 0.717) is 24.9 Å². The molecule has 2 heterocycles. The zero-order valence-corrected chi connectivity index (χ0v) is 14.2. The molecule has 1 aromatic rings. The Kier molecular flexibility index (Phi) is 5.52. The SMILES string of the molecule is O=C1CCC(c2ccc(N3CC(CNC(=O)C(F)F)OC3=O)cc2F)CN1. The molecule has 0 spiro atoms. The molecule has 3 rings (SSSR count). The van der Waals surface area contributed by atoms with Gasteiger partial charge in [-0.05, 0) is 24.1 Å². The van der Waals surface area contributed by atoms with E-state index >= 15 is 0 Å². The van der Waals surface area contributed by atoms with Crippen molar-refractivity contribution < 1.29 is 32.3 Å². The van der Waals surface area contributed by atoms with Gasteiger partial charge >= 0.3 is 12.5 Å². The minimum absolute atomic E-state index is 0.000619. The van der Waals surface area contributed by atoms with Gasteiger partial charge in [-0.15, -0.1) is 0 Å². The molecule has 2 unspecified atom stereocenters. The summed E-state index contributed by atoms with van der Waals surface area (Å²) in [6.45, 7) is 0.0984. The van der Waals surface area contributed by atoms with Gasteiger partial charge in [0.15, 0.2) is 0 Å². The van der Waals surface area contributed by atoms with Crippen LogP contribution in [-0.2, 0) is 14.3 Å². The number of amides is 3. The zero-order chi connectivity index (χ0) is 19.6. The van der Waals surface area contributed by atoms with Gasteiger partial charge in [0.1, 0.15) is 11.9 Å². The maximum atomic E-state index is 14.5. The van der Waals surface area contributed by atoms with Gasteiger partial charge in [0, 0.05) is 18.9 Å². The van der Waals surface area contributed by atoms with E-state index in [2.05, 4.69) is 5.32 Å². The number of hydrogen-bond donors (Lipinski definition) is 2. The van der Waals surface area contributed by atoms with Gasteiger partial charge < -0.3 is 15.4 Å². The number of halogens is 3. The molecule has 0 aromatic heterocycles. The van der Waals surface area contributed by atoms with E-state index in [-0.39, 0.29) is 30.6 Å². The van der Waals surface area contributed by atoms with Crippen molar-refractivity contribution in [3.63, 3.8) is 0 Å². The van der Waals surface area contributed by atoms with Crippen molar-refractivity contribution >= 4 is 23.6 Å². The number of carbonyl (C=O) groups is 3. The Balaban J connectivity index is 1.64. The average molecular weight is 385 g/mol. The number of ether oxygens (including phenoxy) is 1. The fraction of sp³-hybridized carbons (Fsp3) is 0.471. The molecule has 3 amide bonds. The molecule has 27 heavy (non-hydrogen) atoms. The first-order valence-electron chi connectivity index (χ1n) is 8.45. The van der Waals surface area contributed by atoms with Crippen LogP contribution in [0, 0.1) is 5.82 Å². The summed E-state index contributed by atoms with van der Waals surface area (Å²) in [5, 5.41) is 4.68. The Morgan fingerprint density at radius 3 is 2.78 bits per heavy atom. The van der Waals surface area contributed by atoms with Crippen LogP contribution in [0.3, 0.4) is 0 Å². The van der Waals surface area contributed by atoms with Crippen LogP contribution in [0.1, 0.15) is 24.3 Å². The topological polar surface area (TPSA) is 87.7 Å². The standard InChI is InChI=1S/C17H18F3N3O4/c18-13-5-10(2-3-12(13)9-1-4-14(24)21-6-9)23-8-11(27-17(23)26)7-22-16(25)15(19)20/h2-3,5,9,11,15H,1,4,6-8H2,(H,21,24)(H,22,25). The molecule has 2 fully saturated rings. The molecular weight excluding hydrogens is 367 g/mol. The fourth-order valence-electron chi connectivity index (χ4n) is 3.14. The second-order valence-corrected chi connectivity index (χ2v) is 6.41. The predicted octanol–water partition coefficient (Wildman–Crippen LogP) is 1.53. The van der Waals surface area contributed by atoms with Crippen molar-refractivity contribution in [1.82, 2.24) is 10.6 Å². The molecule has 146 valence electrons. The molecule has 10 heteroatoms. The maximum Gasteiger partial charge on any atom is 0.414 e. The van der Waals surface area contributed by atoms with Crippen LogP contribution in [0.5, 0.6) is 0 Å². The van der Waals surface area contributed by atoms with Crippen molar-refractivity contribution in [2.24, 2.45) is 0 Å². The second-order valence-electron chi connectivity index (χ2n) is 6.41. The van der Waals surface area contributed by atoms with Crippen LogP contribution in [0.2, 0.25) is 0 Å². The monoisotopic (exact) mass is 385 g/mol. The molecule has 0 radical (unpaired) electrons. The van der Waals surface area contributed by atoms with E-state index in [1.807, 2.05) is 5.32 Å². The fourth-order valence-corrected chi connectivity index (χ4v) is 3.14. The third kappa shape index (κ3) is 4.32. The third-order valence-electron chi connectivity index (χ3n) is 4.58. The molecule has 1 aromatic carbocycles. The lowest BCUT2D eigenvalue weighted by Gasteiger charge is -2.24. The first-order chi connectivity index (χ1) is 12.8. The summed E-state index contributed by atoms with van der Waals surface area (Å²) >= 11 is 0. The molecule has 0 bridgehead atoms. The van der Waals surface area contributed by atoms with E-state index in [0.717, 1.165) is 0 Å². The number of rotatable bonds is 5. The lowest BCUT2D eigenvalue weighted by atomic mass is 9.91. The highest BCUT2D eigenvalue weighted by Crippen LogP contribution is 2.30. The van der Waals surface area contributed by atoms with Crippen LogP contribution >= 0.6 is 0 Å². The molecule has 7 nitrogen and oxygen atoms in total. The Hall–Kier alpha value is -2.78. The van der Waals surface area contributed by atoms with E-state index in [1.165, 1.54) is 11.0 Å². The molecule has 2 saturated heterocycles. The normalized spacial score (nSPS) is 22.6. The van der Waals surface area contributed by atoms with Gasteiger partial charge in [0.05, 0.1) is 18.8 Å². The van der Waals surface area contributed by atoms with E-state index in [1.54, 1.807) is 12.1 Å². The number of piperidine rings is 1. The van der Waals surface area contributed by atoms with Gasteiger partial charge in [-0.1, -0.05) is 6.07 Å². The van der Waals surface area contributed by atoms with Gasteiger partial charge in [-0.2, -0.15) is 8.78 Å². The average Bonchev–Trinajstić information content (AvgIpc) is 3.01. The van der Waals surface area contributed by atoms with Crippen molar-refractivity contribution in [2.45, 2.75) is 31.3 Å². The molecule has 2 atom stereocenters. The Morgan fingerprint density at radius 1 is 1.37 bits per heavy atom. The summed E-state index contributed by atoms with van der Waals surface area (Å²) in [6.07, 6.45) is -3.83. The molecule has 2 N–H and O–H groups in total. The zero-order valence-electron chi connectivity index (χ0n) is 14.2. The van der Waals surface area contributed by atoms with E-state index < -0.39 is 30.3 Å². The third-order valence-corrected chi connectivity index (χ3v) is 4.58. The molecule has 2 aliphatic rings. The van der Waals surface area contributed by atoms with Crippen molar-refractivity contribution in [3.8, 4) is 0 Å². The minimum atomic E-state index is -3.15. The Labute approximate surface area is 152 Å². The van der Waals surface area contributed by atoms with Gasteiger partial charge in [-0.25, -0.2) is 9.18 Å². The summed E-state index contributed by atoms with van der Waals surface area (Å²) in [5.74, 6) is -2.15. The number of anilines is 1. The van der Waals surface area contributed by atoms with E-state index in [4.69, 9.17) is 4.74 Å². The van der Waals surface area contributed by atoms with Crippen LogP contribution in [0.25, 0.3) is 0 Å². The van der Waals surface area contributed by atoms with E-state index in [9.17, 15) is 27.6 Å². The number of cyclic esters (lactones) is 1. The van der Waals surface area contributed by atoms with Crippen LogP contribution in [-0.4, -0.2) is 50.1 Å². The summed E-state index contributed by atoms with van der Waals surface area (Å²) in [6, 6.07) is 4.33. The van der Waals surface area contributed by atoms with Crippen molar-refractivity contribution in [2.75, 3.05) is 24.5 Å². The van der Waals surface area contributed by atoms with Gasteiger partial charge in [0.25, 0.3) is 5.91 Å². The predicted molar refractivity (Wildman–Crippen MR) is 88.0 cm³/mol. The lowest BCUT2D eigenvalue weighted by molar-refractivity contribution is -0.132. The summed E-state index contributed by atoms with van der Waals surface area (Å²) in [4.78, 5) is 35.3. The van der Waals surface area contributed by atoms with Crippen molar-refractivity contribution in [1.29, 1.82) is 0 Å². The number of hydrogen-bond acceptors (Lipinski definition) is 4. The molecule has 0 saturated carbocycles. The summed E-state index contributed by atoms with van der Waals surface area (Å²) < 4.78 is 43.9. The minimum Gasteiger partial charge on any atom is -0.442 e. The Morgan fingerprint density at radius 2 is 2.15 bits per heavy atom. The first-order valence-corrected chi connectivity index (χ1v) is 8.45. The highest BCUT2D eigenvalue weighted by Gasteiger charge is 2.33. The Bertz CT molecular complexity index is 749. The van der Waals surface area contributed by atoms with Gasteiger partial charge in [0.2, 0.25) is 5.91 Å². The lowest BCUT2D eigenvalue weighted by Crippen LogP contribution is -2.37. The maximum absolute atomic E-state index is 14.5. The van der Waals surface area contributed by atoms with Crippen LogP contribution < -0.4 is 15.5 Å². The summed E-state index contributed by atoms with van der Waals surface area (Å²) in [5.41, 5.74) is 0.718. The molecule has 0 aliphatic carbocycles. The van der Waals surface area contributed by atoms with Crippen molar-refractivity contribution in [3.05, 3.63) is 29.6 Å². The van der Waals surface area contributed by atoms with Gasteiger partial charge in [-0.3, -0.25) is 14.5 Å².